The van der Waals surface area contributed by atoms with E-state index < -0.39 is 0 Å². The lowest BCUT2D eigenvalue weighted by Crippen LogP contribution is -2.16. The highest BCUT2D eigenvalue weighted by Gasteiger charge is 2.33. The Kier molecular flexibility index (Phi) is 11.9. The van der Waals surface area contributed by atoms with E-state index in [1.165, 1.54) is 55.0 Å². The minimum atomic E-state index is -0.205. The zero-order chi connectivity index (χ0) is 57.4. The third-order valence-corrected chi connectivity index (χ3v) is 17.7. The molecule has 12 aromatic carbocycles. The highest BCUT2D eigenvalue weighted by Crippen LogP contribution is 2.50. The van der Waals surface area contributed by atoms with Crippen LogP contribution >= 0.6 is 0 Å². The maximum absolute atomic E-state index is 5.45. The number of hydrogen-bond acceptors (Lipinski definition) is 3. The second kappa shape index (κ2) is 20.7. The summed E-state index contributed by atoms with van der Waals surface area (Å²) in [6.07, 6.45) is 2.99. The van der Waals surface area contributed by atoms with E-state index >= 15 is 0 Å². The minimum absolute atomic E-state index is 0.205. The van der Waals surface area contributed by atoms with Crippen molar-refractivity contribution in [1.82, 2.24) is 28.7 Å². The van der Waals surface area contributed by atoms with Gasteiger partial charge in [-0.3, -0.25) is 0 Å². The first-order valence-corrected chi connectivity index (χ1v) is 29.8. The molecule has 0 bridgehead atoms. The smallest absolute Gasteiger partial charge is 0.164 e. The number of hydrogen-bond donors (Lipinski definition) is 0. The average molecular weight is 1110 g/mol. The molecule has 0 amide bonds. The van der Waals surface area contributed by atoms with E-state index in [0.717, 1.165) is 83.2 Å². The maximum atomic E-state index is 5.45. The van der Waals surface area contributed by atoms with Crippen LogP contribution in [0, 0.1) is 0 Å². The number of benzene rings is 12. The highest BCUT2D eigenvalue weighted by molar-refractivity contribution is 6.16. The third kappa shape index (κ3) is 8.52. The van der Waals surface area contributed by atoms with Gasteiger partial charge in [-0.05, 0) is 106 Å². The molecule has 0 saturated heterocycles. The molecule has 1 aliphatic carbocycles. The van der Waals surface area contributed by atoms with E-state index in [-0.39, 0.29) is 5.92 Å². The van der Waals surface area contributed by atoms with Crippen molar-refractivity contribution in [1.29, 1.82) is 0 Å². The van der Waals surface area contributed by atoms with E-state index in [4.69, 9.17) is 15.0 Å². The summed E-state index contributed by atoms with van der Waals surface area (Å²) in [6.45, 7) is 0. The number of allylic oxidation sites excluding steroid dienone is 4. The Bertz CT molecular complexity index is 5220. The van der Waals surface area contributed by atoms with E-state index in [1.54, 1.807) is 0 Å². The van der Waals surface area contributed by atoms with Crippen molar-refractivity contribution in [3.05, 3.63) is 326 Å². The molecule has 4 aromatic heterocycles. The molecular weight excluding hydrogens is 1060 g/mol. The van der Waals surface area contributed by atoms with Gasteiger partial charge >= 0.3 is 0 Å². The van der Waals surface area contributed by atoms with E-state index in [9.17, 15) is 0 Å². The summed E-state index contributed by atoms with van der Waals surface area (Å²) in [5.41, 5.74) is 21.2. The monoisotopic (exact) mass is 1110 g/mol. The molecule has 1 atom stereocenters. The zero-order valence-corrected chi connectivity index (χ0v) is 47.4. The van der Waals surface area contributed by atoms with Crippen molar-refractivity contribution in [3.63, 3.8) is 0 Å². The second-order valence-electron chi connectivity index (χ2n) is 22.7. The van der Waals surface area contributed by atoms with Crippen molar-refractivity contribution in [3.8, 4) is 56.4 Å². The van der Waals surface area contributed by atoms with Gasteiger partial charge in [0.2, 0.25) is 0 Å². The van der Waals surface area contributed by atoms with Gasteiger partial charge in [-0.2, -0.15) is 0 Å². The fourth-order valence-corrected chi connectivity index (χ4v) is 13.7. The molecule has 1 aliphatic rings. The van der Waals surface area contributed by atoms with Gasteiger partial charge in [0.05, 0.1) is 33.1 Å². The summed E-state index contributed by atoms with van der Waals surface area (Å²) in [5, 5.41) is 7.23. The summed E-state index contributed by atoms with van der Waals surface area (Å²) in [7, 11) is 0. The molecular formula is C81H54N6. The van der Waals surface area contributed by atoms with Crippen LogP contribution in [0.25, 0.3) is 139 Å². The number of fused-ring (bicyclic) bond motifs is 9. The van der Waals surface area contributed by atoms with Gasteiger partial charge in [-0.25, -0.2) is 15.0 Å². The van der Waals surface area contributed by atoms with Crippen molar-refractivity contribution in [2.75, 3.05) is 0 Å². The zero-order valence-electron chi connectivity index (χ0n) is 47.4. The largest absolute Gasteiger partial charge is 0.312 e. The van der Waals surface area contributed by atoms with Crippen LogP contribution in [0.4, 0.5) is 0 Å². The summed E-state index contributed by atoms with van der Waals surface area (Å²) < 4.78 is 7.49. The number of nitrogens with zero attached hydrogens (tertiary/aromatic N) is 6. The molecule has 1 unspecified atom stereocenters. The Morgan fingerprint density at radius 1 is 0.264 bits per heavy atom. The summed E-state index contributed by atoms with van der Waals surface area (Å²) in [6, 6.07) is 110. The molecule has 0 N–H and O–H groups in total. The Hall–Kier alpha value is -11.5. The lowest BCUT2D eigenvalue weighted by molar-refractivity contribution is 0.835. The van der Waals surface area contributed by atoms with Crippen LogP contribution in [-0.2, 0) is 0 Å². The van der Waals surface area contributed by atoms with Crippen LogP contribution in [0.5, 0.6) is 0 Å². The van der Waals surface area contributed by atoms with Gasteiger partial charge < -0.3 is 13.7 Å². The quantitative estimate of drug-likeness (QED) is 0.137. The molecule has 0 spiro atoms. The first-order chi connectivity index (χ1) is 43.1. The van der Waals surface area contributed by atoms with Gasteiger partial charge in [0.15, 0.2) is 17.5 Å². The first-order valence-electron chi connectivity index (χ1n) is 29.8. The number of para-hydroxylation sites is 4. The average Bonchev–Trinajstić information content (AvgIpc) is 1.66. The van der Waals surface area contributed by atoms with Crippen molar-refractivity contribution < 1.29 is 0 Å². The highest BCUT2D eigenvalue weighted by atomic mass is 15.1. The van der Waals surface area contributed by atoms with E-state index in [0.29, 0.717) is 23.9 Å². The molecule has 0 radical (unpaired) electrons. The van der Waals surface area contributed by atoms with Crippen LogP contribution in [0.1, 0.15) is 29.3 Å². The molecule has 16 aromatic rings. The normalized spacial score (nSPS) is 13.6. The molecule has 0 aliphatic heterocycles. The second-order valence-corrected chi connectivity index (χ2v) is 22.7. The fraction of sp³-hybridized carbons (Fsp3) is 0.0247. The number of aromatic nitrogens is 6. The van der Waals surface area contributed by atoms with E-state index in [1.807, 2.05) is 36.4 Å². The predicted molar refractivity (Wildman–Crippen MR) is 361 cm³/mol. The maximum Gasteiger partial charge on any atom is 0.164 e. The minimum Gasteiger partial charge on any atom is -0.312 e. The Labute approximate surface area is 503 Å². The van der Waals surface area contributed by atoms with Crippen LogP contribution in [-0.4, -0.2) is 28.7 Å². The SMILES string of the molecule is C1=C(c2nc(-c3ccccc3)nc(-c3ccccc3)n2)CC(c2ccc(-c3ccccc3)cc2)C(n2c3ccc(-n4c5ccccc5c5ccccc54)cc3c3ccc(-n4c5ccccc5c5ccccc54)cc32)=C1c1ccc(-c2ccccc2)cc1. The fourth-order valence-electron chi connectivity index (χ4n) is 13.7. The Balaban J connectivity index is 0.988. The lowest BCUT2D eigenvalue weighted by atomic mass is 9.79. The summed E-state index contributed by atoms with van der Waals surface area (Å²) in [4.78, 5) is 16.1. The summed E-state index contributed by atoms with van der Waals surface area (Å²) >= 11 is 0. The van der Waals surface area contributed by atoms with Gasteiger partial charge in [0, 0.05) is 72.0 Å². The standard InChI is InChI=1S/C81H54N6/c1-5-21-53(22-6-1)55-37-41-57(42-38-55)69-49-61(81-83-79(59-25-9-3-10-26-59)82-80(84-81)60-27-11-4-12-28-60)50-70(58-43-39-56(40-44-58)54-23-7-2-8-24-54)78(69)87-76-48-46-62(85-72-33-17-13-29-64(72)65-30-14-18-34-73(65)85)51-71(76)68-47-45-63(52-77(68)87)86-74-35-19-15-31-66(74)67-32-16-20-36-75(67)86/h1-49,51-52,70H,50H2. The Morgan fingerprint density at radius 3 is 1.13 bits per heavy atom. The molecule has 0 fully saturated rings. The predicted octanol–water partition coefficient (Wildman–Crippen LogP) is 20.5. The lowest BCUT2D eigenvalue weighted by Gasteiger charge is -2.31. The Morgan fingerprint density at radius 2 is 0.632 bits per heavy atom. The van der Waals surface area contributed by atoms with Crippen LogP contribution in [0.3, 0.4) is 0 Å². The van der Waals surface area contributed by atoms with Crippen LogP contribution in [0.15, 0.2) is 309 Å². The van der Waals surface area contributed by atoms with E-state index in [2.05, 4.69) is 287 Å². The third-order valence-electron chi connectivity index (χ3n) is 17.7. The molecule has 6 heteroatoms. The molecule has 87 heavy (non-hydrogen) atoms. The van der Waals surface area contributed by atoms with Crippen LogP contribution in [0.2, 0.25) is 0 Å². The van der Waals surface area contributed by atoms with Gasteiger partial charge in [-0.1, -0.05) is 249 Å². The van der Waals surface area contributed by atoms with Crippen LogP contribution < -0.4 is 0 Å². The molecule has 4 heterocycles. The molecule has 0 saturated carbocycles. The molecule has 17 rings (SSSR count). The van der Waals surface area contributed by atoms with Crippen molar-refractivity contribution in [2.45, 2.75) is 12.3 Å². The molecule has 6 nitrogen and oxygen atoms in total. The van der Waals surface area contributed by atoms with Gasteiger partial charge in [0.25, 0.3) is 0 Å². The van der Waals surface area contributed by atoms with Gasteiger partial charge in [0.1, 0.15) is 0 Å². The van der Waals surface area contributed by atoms with Crippen molar-refractivity contribution in [2.24, 2.45) is 0 Å². The summed E-state index contributed by atoms with van der Waals surface area (Å²) in [5.74, 6) is 1.71. The molecule has 408 valence electrons. The van der Waals surface area contributed by atoms with Crippen molar-refractivity contribution >= 4 is 82.3 Å². The topological polar surface area (TPSA) is 53.5 Å². The number of rotatable bonds is 10. The van der Waals surface area contributed by atoms with Gasteiger partial charge in [-0.15, -0.1) is 0 Å². The first kappa shape index (κ1) is 50.1.